The molecule has 1 saturated heterocycles. The average molecular weight is 344 g/mol. The van der Waals surface area contributed by atoms with Crippen molar-refractivity contribution in [3.63, 3.8) is 0 Å². The molecule has 134 valence electrons. The Balaban J connectivity index is 1.70. The fourth-order valence-electron chi connectivity index (χ4n) is 3.48. The lowest BCUT2D eigenvalue weighted by molar-refractivity contribution is -0.143. The Kier molecular flexibility index (Phi) is 5.50. The fraction of sp³-hybridized carbons (Fsp3) is 0.474. The number of hydrogen-bond acceptors (Lipinski definition) is 5. The first kappa shape index (κ1) is 17.6. The van der Waals surface area contributed by atoms with Crippen LogP contribution in [0.15, 0.2) is 30.5 Å². The van der Waals surface area contributed by atoms with Crippen molar-refractivity contribution in [1.82, 2.24) is 9.88 Å². The summed E-state index contributed by atoms with van der Waals surface area (Å²) in [5.41, 5.74) is 1.65. The average Bonchev–Trinajstić information content (AvgIpc) is 2.65. The van der Waals surface area contributed by atoms with E-state index in [1.165, 1.54) is 0 Å². The van der Waals surface area contributed by atoms with E-state index in [1.54, 1.807) is 13.3 Å². The lowest BCUT2D eigenvalue weighted by Crippen LogP contribution is -2.39. The zero-order valence-electron chi connectivity index (χ0n) is 14.4. The van der Waals surface area contributed by atoms with Crippen LogP contribution in [0.2, 0.25) is 0 Å². The van der Waals surface area contributed by atoms with Crippen LogP contribution in [0.1, 0.15) is 30.9 Å². The van der Waals surface area contributed by atoms with Gasteiger partial charge in [0.25, 0.3) is 0 Å². The quantitative estimate of drug-likeness (QED) is 0.838. The Labute approximate surface area is 147 Å². The Hall–Kier alpha value is -2.18. The molecule has 0 bridgehead atoms. The largest absolute Gasteiger partial charge is 0.497 e. The van der Waals surface area contributed by atoms with Gasteiger partial charge in [-0.2, -0.15) is 0 Å². The van der Waals surface area contributed by atoms with Crippen molar-refractivity contribution in [2.75, 3.05) is 26.7 Å². The van der Waals surface area contributed by atoms with Crippen molar-refractivity contribution in [2.45, 2.75) is 25.4 Å². The van der Waals surface area contributed by atoms with Gasteiger partial charge in [0, 0.05) is 24.7 Å². The lowest BCUT2D eigenvalue weighted by Gasteiger charge is -2.31. The number of rotatable bonds is 6. The molecule has 2 atom stereocenters. The first-order valence-electron chi connectivity index (χ1n) is 8.64. The van der Waals surface area contributed by atoms with Gasteiger partial charge < -0.3 is 19.8 Å². The van der Waals surface area contributed by atoms with Gasteiger partial charge in [-0.3, -0.25) is 9.78 Å². The van der Waals surface area contributed by atoms with Crippen molar-refractivity contribution in [3.8, 4) is 5.75 Å². The number of piperidine rings is 1. The molecule has 3 rings (SSSR count). The smallest absolute Gasteiger partial charge is 0.307 e. The van der Waals surface area contributed by atoms with Gasteiger partial charge >= 0.3 is 5.97 Å². The second-order valence-corrected chi connectivity index (χ2v) is 6.57. The highest BCUT2D eigenvalue weighted by molar-refractivity contribution is 5.83. The molecule has 2 aromatic rings. The number of aromatic nitrogens is 1. The maximum Gasteiger partial charge on any atom is 0.307 e. The van der Waals surface area contributed by atoms with Crippen LogP contribution >= 0.6 is 0 Å². The number of aliphatic hydroxyl groups is 1. The summed E-state index contributed by atoms with van der Waals surface area (Å²) in [6.07, 6.45) is 3.27. The molecular weight excluding hydrogens is 320 g/mol. The van der Waals surface area contributed by atoms with Gasteiger partial charge in [0.05, 0.1) is 24.6 Å². The third-order valence-corrected chi connectivity index (χ3v) is 4.91. The topological polar surface area (TPSA) is 82.9 Å². The van der Waals surface area contributed by atoms with Gasteiger partial charge in [-0.25, -0.2) is 0 Å². The van der Waals surface area contributed by atoms with Crippen molar-refractivity contribution in [1.29, 1.82) is 0 Å². The summed E-state index contributed by atoms with van der Waals surface area (Å²) in [6, 6.07) is 7.46. The fourth-order valence-corrected chi connectivity index (χ4v) is 3.48. The maximum absolute atomic E-state index is 11.2. The van der Waals surface area contributed by atoms with Crippen LogP contribution < -0.4 is 4.74 Å². The maximum atomic E-state index is 11.2. The minimum absolute atomic E-state index is 0.295. The highest BCUT2D eigenvalue weighted by atomic mass is 16.5. The highest BCUT2D eigenvalue weighted by Crippen LogP contribution is 2.28. The molecule has 0 spiro atoms. The van der Waals surface area contributed by atoms with Crippen LogP contribution in [-0.2, 0) is 4.79 Å². The normalized spacial score (nSPS) is 19.7. The van der Waals surface area contributed by atoms with E-state index in [1.807, 2.05) is 24.3 Å². The first-order valence-corrected chi connectivity index (χ1v) is 8.64. The second-order valence-electron chi connectivity index (χ2n) is 6.57. The number of aliphatic carboxylic acids is 1. The molecule has 1 aliphatic rings. The van der Waals surface area contributed by atoms with Gasteiger partial charge in [-0.15, -0.1) is 0 Å². The molecule has 6 heteroatoms. The molecule has 0 saturated carbocycles. The summed E-state index contributed by atoms with van der Waals surface area (Å²) in [5, 5.41) is 20.7. The lowest BCUT2D eigenvalue weighted by atomic mass is 9.97. The molecule has 0 aliphatic carbocycles. The molecule has 2 N–H and O–H groups in total. The Morgan fingerprint density at radius 3 is 3.04 bits per heavy atom. The number of fused-ring (bicyclic) bond motifs is 1. The van der Waals surface area contributed by atoms with Crippen molar-refractivity contribution < 1.29 is 19.7 Å². The van der Waals surface area contributed by atoms with Gasteiger partial charge in [-0.1, -0.05) is 0 Å². The van der Waals surface area contributed by atoms with Crippen LogP contribution in [0.25, 0.3) is 10.9 Å². The zero-order chi connectivity index (χ0) is 17.8. The molecule has 2 heterocycles. The Morgan fingerprint density at radius 2 is 2.28 bits per heavy atom. The summed E-state index contributed by atoms with van der Waals surface area (Å²) in [4.78, 5) is 17.6. The molecule has 1 aliphatic heterocycles. The number of carboxylic acid groups (broad SMARTS) is 1. The minimum Gasteiger partial charge on any atom is -0.497 e. The van der Waals surface area contributed by atoms with Crippen molar-refractivity contribution >= 4 is 16.9 Å². The monoisotopic (exact) mass is 344 g/mol. The number of methoxy groups -OCH3 is 1. The van der Waals surface area contributed by atoms with E-state index in [2.05, 4.69) is 9.88 Å². The summed E-state index contributed by atoms with van der Waals surface area (Å²) in [6.45, 7) is 2.13. The summed E-state index contributed by atoms with van der Waals surface area (Å²) < 4.78 is 5.27. The molecule has 1 aromatic carbocycles. The molecule has 2 unspecified atom stereocenters. The predicted molar refractivity (Wildman–Crippen MR) is 94.7 cm³/mol. The van der Waals surface area contributed by atoms with E-state index >= 15 is 0 Å². The first-order chi connectivity index (χ1) is 12.1. The molecule has 1 aromatic heterocycles. The molecule has 0 radical (unpaired) electrons. The second kappa shape index (κ2) is 7.80. The van der Waals surface area contributed by atoms with Crippen molar-refractivity contribution in [3.05, 3.63) is 36.0 Å². The number of carbonyl (C=O) groups is 1. The zero-order valence-corrected chi connectivity index (χ0v) is 14.4. The molecule has 25 heavy (non-hydrogen) atoms. The van der Waals surface area contributed by atoms with Crippen LogP contribution in [0, 0.1) is 5.92 Å². The van der Waals surface area contributed by atoms with E-state index < -0.39 is 12.1 Å². The standard InChI is InChI=1S/C19H24N2O4/c1-25-14-4-5-17-16(11-14)15(6-8-20-17)18(22)7-10-21-9-2-3-13(12-21)19(23)24/h4-6,8,11,13,18,22H,2-3,7,9-10,12H2,1H3,(H,23,24). The van der Waals surface area contributed by atoms with Crippen LogP contribution in [0.3, 0.4) is 0 Å². The number of nitrogens with zero attached hydrogens (tertiary/aromatic N) is 2. The highest BCUT2D eigenvalue weighted by Gasteiger charge is 2.25. The third kappa shape index (κ3) is 4.08. The van der Waals surface area contributed by atoms with E-state index in [0.717, 1.165) is 41.6 Å². The number of benzene rings is 1. The number of likely N-dealkylation sites (tertiary alicyclic amines) is 1. The van der Waals surface area contributed by atoms with Gasteiger partial charge in [0.15, 0.2) is 0 Å². The van der Waals surface area contributed by atoms with Crippen LogP contribution in [-0.4, -0.2) is 52.8 Å². The van der Waals surface area contributed by atoms with E-state index in [9.17, 15) is 15.0 Å². The number of ether oxygens (including phenoxy) is 1. The van der Waals surface area contributed by atoms with E-state index in [-0.39, 0.29) is 5.92 Å². The van der Waals surface area contributed by atoms with Gasteiger partial charge in [-0.05, 0) is 55.6 Å². The number of pyridine rings is 1. The molecule has 1 fully saturated rings. The number of hydrogen-bond donors (Lipinski definition) is 2. The number of carboxylic acids is 1. The van der Waals surface area contributed by atoms with E-state index in [4.69, 9.17) is 4.74 Å². The van der Waals surface area contributed by atoms with Crippen LogP contribution in [0.5, 0.6) is 5.75 Å². The SMILES string of the molecule is COc1ccc2nccc(C(O)CCN3CCCC(C(=O)O)C3)c2c1. The third-order valence-electron chi connectivity index (χ3n) is 4.91. The number of aliphatic hydroxyl groups excluding tert-OH is 1. The predicted octanol–water partition coefficient (Wildman–Crippen LogP) is 2.46. The minimum atomic E-state index is -0.725. The summed E-state index contributed by atoms with van der Waals surface area (Å²) in [7, 11) is 1.61. The summed E-state index contributed by atoms with van der Waals surface area (Å²) in [5.74, 6) is -0.288. The van der Waals surface area contributed by atoms with E-state index in [0.29, 0.717) is 19.5 Å². The summed E-state index contributed by atoms with van der Waals surface area (Å²) >= 11 is 0. The Bertz CT molecular complexity index is 749. The van der Waals surface area contributed by atoms with Gasteiger partial charge in [0.1, 0.15) is 5.75 Å². The van der Waals surface area contributed by atoms with Crippen LogP contribution in [0.4, 0.5) is 0 Å². The molecule has 6 nitrogen and oxygen atoms in total. The van der Waals surface area contributed by atoms with Gasteiger partial charge in [0.2, 0.25) is 0 Å². The Morgan fingerprint density at radius 1 is 1.44 bits per heavy atom. The van der Waals surface area contributed by atoms with Crippen molar-refractivity contribution in [2.24, 2.45) is 5.92 Å². The molecular formula is C19H24N2O4. The molecule has 0 amide bonds.